The quantitative estimate of drug-likeness (QED) is 0.346. The molecule has 2 aromatic heterocycles. The molecule has 0 aliphatic rings. The van der Waals surface area contributed by atoms with E-state index in [0.29, 0.717) is 0 Å². The van der Waals surface area contributed by atoms with Crippen LogP contribution < -0.4 is 4.57 Å². The molecule has 0 atom stereocenters. The largest absolute Gasteiger partial charge is 0.449 e. The topological polar surface area (TPSA) is 21.4 Å². The van der Waals surface area contributed by atoms with E-state index in [0.717, 1.165) is 44.3 Å². The van der Waals surface area contributed by atoms with Crippen LogP contribution in [-0.2, 0) is 12.6 Å². The zero-order valence-corrected chi connectivity index (χ0v) is 15.5. The smallest absolute Gasteiger partial charge is 0.256 e. The third kappa shape index (κ3) is 2.38. The van der Waals surface area contributed by atoms with Gasteiger partial charge in [-0.3, -0.25) is 0 Å². The molecule has 2 aromatic carbocycles. The minimum Gasteiger partial charge on any atom is -0.449 e. The molecule has 0 saturated heterocycles. The van der Waals surface area contributed by atoms with Crippen molar-refractivity contribution in [2.24, 2.45) is 7.05 Å². The number of aromatic nitrogens is 1. The van der Waals surface area contributed by atoms with E-state index in [9.17, 15) is 0 Å². The standard InChI is InChI=1S/C23H21N2O/c1-15-18-8-6-7-9-20(18)26-22(15)21-19-11-10-17(23(2,3)24-4)14-16(19)12-13-25(21)5/h6-14H,1-3,5H3/q+1. The van der Waals surface area contributed by atoms with Gasteiger partial charge >= 0.3 is 0 Å². The zero-order chi connectivity index (χ0) is 18.5. The number of rotatable bonds is 2. The number of para-hydroxylation sites is 1. The molecule has 4 aromatic rings. The minimum atomic E-state index is -0.526. The summed E-state index contributed by atoms with van der Waals surface area (Å²) in [5.74, 6) is 0.900. The van der Waals surface area contributed by atoms with Gasteiger partial charge in [-0.1, -0.05) is 24.3 Å². The first kappa shape index (κ1) is 16.4. The Kier molecular flexibility index (Phi) is 3.59. The molecule has 3 heteroatoms. The first-order valence-electron chi connectivity index (χ1n) is 8.72. The van der Waals surface area contributed by atoms with E-state index in [-0.39, 0.29) is 0 Å². The average molecular weight is 341 g/mol. The summed E-state index contributed by atoms with van der Waals surface area (Å²) < 4.78 is 8.33. The van der Waals surface area contributed by atoms with Crippen molar-refractivity contribution in [1.29, 1.82) is 0 Å². The van der Waals surface area contributed by atoms with Crippen LogP contribution in [0.25, 0.3) is 38.0 Å². The molecule has 0 amide bonds. The van der Waals surface area contributed by atoms with Crippen molar-refractivity contribution in [2.75, 3.05) is 0 Å². The summed E-state index contributed by atoms with van der Waals surface area (Å²) in [6.07, 6.45) is 2.05. The third-order valence-corrected chi connectivity index (χ3v) is 5.18. The highest BCUT2D eigenvalue weighted by Gasteiger charge is 2.28. The van der Waals surface area contributed by atoms with Crippen LogP contribution in [0.1, 0.15) is 25.0 Å². The summed E-state index contributed by atoms with van der Waals surface area (Å²) >= 11 is 0. The van der Waals surface area contributed by atoms with Crippen LogP contribution >= 0.6 is 0 Å². The van der Waals surface area contributed by atoms with E-state index in [2.05, 4.69) is 52.9 Å². The minimum absolute atomic E-state index is 0.526. The number of benzene rings is 2. The number of hydrogen-bond donors (Lipinski definition) is 0. The lowest BCUT2D eigenvalue weighted by Gasteiger charge is -2.12. The third-order valence-electron chi connectivity index (χ3n) is 5.18. The number of nitrogens with zero attached hydrogens (tertiary/aromatic N) is 2. The summed E-state index contributed by atoms with van der Waals surface area (Å²) in [5, 5.41) is 3.39. The van der Waals surface area contributed by atoms with Crippen LogP contribution in [0.2, 0.25) is 0 Å². The van der Waals surface area contributed by atoms with Gasteiger partial charge in [0, 0.05) is 36.4 Å². The Bertz CT molecular complexity index is 1190. The van der Waals surface area contributed by atoms with E-state index in [1.807, 2.05) is 39.1 Å². The molecule has 0 bridgehead atoms. The Hall–Kier alpha value is -3.12. The number of furan rings is 1. The van der Waals surface area contributed by atoms with Crippen LogP contribution in [0.15, 0.2) is 59.1 Å². The average Bonchev–Trinajstić information content (AvgIpc) is 2.98. The summed E-state index contributed by atoms with van der Waals surface area (Å²) in [6, 6.07) is 16.5. The van der Waals surface area contributed by atoms with Crippen LogP contribution in [0.5, 0.6) is 0 Å². The fraction of sp³-hybridized carbons (Fsp3) is 0.217. The first-order valence-corrected chi connectivity index (χ1v) is 8.72. The lowest BCUT2D eigenvalue weighted by Crippen LogP contribution is -2.30. The highest BCUT2D eigenvalue weighted by molar-refractivity contribution is 5.96. The number of fused-ring (bicyclic) bond motifs is 2. The maximum Gasteiger partial charge on any atom is 0.256 e. The van der Waals surface area contributed by atoms with Crippen LogP contribution in [0.4, 0.5) is 0 Å². The Morgan fingerprint density at radius 1 is 1.04 bits per heavy atom. The van der Waals surface area contributed by atoms with Gasteiger partial charge in [-0.25, -0.2) is 6.57 Å². The van der Waals surface area contributed by atoms with Crippen molar-refractivity contribution >= 4 is 21.7 Å². The zero-order valence-electron chi connectivity index (χ0n) is 15.5. The van der Waals surface area contributed by atoms with Crippen molar-refractivity contribution in [3.05, 3.63) is 77.3 Å². The van der Waals surface area contributed by atoms with E-state index in [1.54, 1.807) is 0 Å². The van der Waals surface area contributed by atoms with Crippen molar-refractivity contribution in [2.45, 2.75) is 26.3 Å². The van der Waals surface area contributed by atoms with Gasteiger partial charge in [0.1, 0.15) is 12.6 Å². The Morgan fingerprint density at radius 2 is 1.81 bits per heavy atom. The highest BCUT2D eigenvalue weighted by Crippen LogP contribution is 2.36. The van der Waals surface area contributed by atoms with Gasteiger partial charge in [0.05, 0.1) is 5.39 Å². The fourth-order valence-electron chi connectivity index (χ4n) is 3.50. The Morgan fingerprint density at radius 3 is 2.54 bits per heavy atom. The van der Waals surface area contributed by atoms with Crippen LogP contribution in [0.3, 0.4) is 0 Å². The molecule has 0 unspecified atom stereocenters. The van der Waals surface area contributed by atoms with Crippen molar-refractivity contribution in [1.82, 2.24) is 0 Å². The molecule has 3 nitrogen and oxygen atoms in total. The van der Waals surface area contributed by atoms with E-state index < -0.39 is 5.54 Å². The molecule has 26 heavy (non-hydrogen) atoms. The monoisotopic (exact) mass is 341 g/mol. The molecular formula is C23H21N2O+. The normalized spacial score (nSPS) is 11.8. The lowest BCUT2D eigenvalue weighted by atomic mass is 9.92. The molecule has 0 aliphatic heterocycles. The van der Waals surface area contributed by atoms with E-state index >= 15 is 0 Å². The second-order valence-electron chi connectivity index (χ2n) is 7.30. The molecule has 0 N–H and O–H groups in total. The predicted octanol–water partition coefficient (Wildman–Crippen LogP) is 5.54. The second kappa shape index (κ2) is 5.71. The maximum atomic E-state index is 7.46. The van der Waals surface area contributed by atoms with Gasteiger partial charge in [-0.2, -0.15) is 4.57 Å². The number of aryl methyl sites for hydroxylation is 2. The van der Waals surface area contributed by atoms with E-state index in [4.69, 9.17) is 11.0 Å². The van der Waals surface area contributed by atoms with Crippen molar-refractivity contribution in [3.63, 3.8) is 0 Å². The number of pyridine rings is 1. The summed E-state index contributed by atoms with van der Waals surface area (Å²) in [4.78, 5) is 3.76. The predicted molar refractivity (Wildman–Crippen MR) is 105 cm³/mol. The van der Waals surface area contributed by atoms with Gasteiger partial charge < -0.3 is 9.26 Å². The summed E-state index contributed by atoms with van der Waals surface area (Å²) in [6.45, 7) is 13.5. The molecule has 0 saturated carbocycles. The van der Waals surface area contributed by atoms with Gasteiger partial charge in [-0.05, 0) is 30.5 Å². The first-order chi connectivity index (χ1) is 12.4. The molecule has 128 valence electrons. The van der Waals surface area contributed by atoms with Gasteiger partial charge in [-0.15, -0.1) is 0 Å². The molecule has 0 fully saturated rings. The SMILES string of the molecule is [C-]#[N+]C(C)(C)c1ccc2c(-c3oc4ccccc4c3C)[n+](C)ccc2c1. The van der Waals surface area contributed by atoms with Crippen LogP contribution in [-0.4, -0.2) is 0 Å². The Balaban J connectivity index is 2.02. The molecule has 4 rings (SSSR count). The van der Waals surface area contributed by atoms with Gasteiger partial charge in [0.15, 0.2) is 6.20 Å². The van der Waals surface area contributed by atoms with Crippen LogP contribution in [0, 0.1) is 13.5 Å². The molecule has 0 radical (unpaired) electrons. The molecule has 0 spiro atoms. The number of hydrogen-bond acceptors (Lipinski definition) is 1. The molecule has 0 aliphatic carbocycles. The van der Waals surface area contributed by atoms with Gasteiger partial charge in [0.2, 0.25) is 5.76 Å². The van der Waals surface area contributed by atoms with Crippen molar-refractivity contribution < 1.29 is 8.98 Å². The fourth-order valence-corrected chi connectivity index (χ4v) is 3.50. The van der Waals surface area contributed by atoms with E-state index in [1.165, 1.54) is 0 Å². The Labute approximate surface area is 153 Å². The second-order valence-corrected chi connectivity index (χ2v) is 7.30. The molecule has 2 heterocycles. The van der Waals surface area contributed by atoms with Gasteiger partial charge in [0.25, 0.3) is 11.2 Å². The maximum absolute atomic E-state index is 7.46. The molecular weight excluding hydrogens is 320 g/mol. The van der Waals surface area contributed by atoms with Crippen molar-refractivity contribution in [3.8, 4) is 11.5 Å². The lowest BCUT2D eigenvalue weighted by molar-refractivity contribution is -0.659. The highest BCUT2D eigenvalue weighted by atomic mass is 16.3. The summed E-state index contributed by atoms with van der Waals surface area (Å²) in [7, 11) is 2.04. The summed E-state index contributed by atoms with van der Waals surface area (Å²) in [5.41, 5.74) is 3.61.